The molecule has 1 N–H and O–H groups in total. The maximum atomic E-state index is 12.8. The molecule has 0 radical (unpaired) electrons. The summed E-state index contributed by atoms with van der Waals surface area (Å²) < 4.78 is 5.26. The molecular formula is C19H27N3O5. The third kappa shape index (κ3) is 5.67. The smallest absolute Gasteiger partial charge is 0.407 e. The number of carbonyl (C=O) groups excluding carboxylic acids is 2. The van der Waals surface area contributed by atoms with Crippen LogP contribution in [0.3, 0.4) is 0 Å². The lowest BCUT2D eigenvalue weighted by Crippen LogP contribution is -2.50. The van der Waals surface area contributed by atoms with Gasteiger partial charge in [0.1, 0.15) is 5.60 Å². The van der Waals surface area contributed by atoms with Crippen LogP contribution in [0.2, 0.25) is 0 Å². The topological polar surface area (TPSA) is 102 Å². The minimum atomic E-state index is -0.589. The average Bonchev–Trinajstić information content (AvgIpc) is 2.59. The summed E-state index contributed by atoms with van der Waals surface area (Å²) in [4.78, 5) is 37.1. The second kappa shape index (κ2) is 8.37. The van der Waals surface area contributed by atoms with Gasteiger partial charge in [0.2, 0.25) is 0 Å². The number of ether oxygens (including phenoxy) is 1. The molecule has 8 nitrogen and oxygen atoms in total. The van der Waals surface area contributed by atoms with Crippen LogP contribution in [0.4, 0.5) is 10.5 Å². The van der Waals surface area contributed by atoms with Crippen molar-refractivity contribution in [3.05, 3.63) is 39.4 Å². The summed E-state index contributed by atoms with van der Waals surface area (Å²) in [6.07, 6.45) is 1.50. The molecule has 2 amide bonds. The minimum absolute atomic E-state index is 0.0382. The number of nitro groups is 1. The zero-order valence-electron chi connectivity index (χ0n) is 16.3. The van der Waals surface area contributed by atoms with E-state index in [1.54, 1.807) is 37.8 Å². The SMILES string of the molecule is CCc1ccc(C(=O)N2CCCC(NC(=O)OC(C)(C)C)C2)cc1[N+](=O)[O-]. The molecule has 1 aromatic carbocycles. The summed E-state index contributed by atoms with van der Waals surface area (Å²) in [6, 6.07) is 4.39. The lowest BCUT2D eigenvalue weighted by Gasteiger charge is -2.33. The van der Waals surface area contributed by atoms with Gasteiger partial charge in [-0.15, -0.1) is 0 Å². The number of rotatable bonds is 4. The third-order valence-corrected chi connectivity index (χ3v) is 4.34. The fourth-order valence-corrected chi connectivity index (χ4v) is 3.10. The summed E-state index contributed by atoms with van der Waals surface area (Å²) in [7, 11) is 0. The van der Waals surface area contributed by atoms with Gasteiger partial charge >= 0.3 is 6.09 Å². The second-order valence-electron chi connectivity index (χ2n) is 7.69. The van der Waals surface area contributed by atoms with E-state index in [9.17, 15) is 19.7 Å². The van der Waals surface area contributed by atoms with Crippen molar-refractivity contribution in [2.45, 2.75) is 58.6 Å². The normalized spacial score (nSPS) is 17.3. The summed E-state index contributed by atoms with van der Waals surface area (Å²) in [5, 5.41) is 14.0. The van der Waals surface area contributed by atoms with Crippen molar-refractivity contribution in [2.24, 2.45) is 0 Å². The first-order valence-electron chi connectivity index (χ1n) is 9.17. The standard InChI is InChI=1S/C19H27N3O5/c1-5-13-8-9-14(11-16(13)22(25)26)17(23)21-10-6-7-15(12-21)20-18(24)27-19(2,3)4/h8-9,11,15H,5-7,10,12H2,1-4H3,(H,20,24). The maximum Gasteiger partial charge on any atom is 0.407 e. The Morgan fingerprint density at radius 2 is 2.07 bits per heavy atom. The molecule has 148 valence electrons. The first-order valence-corrected chi connectivity index (χ1v) is 9.17. The van der Waals surface area contributed by atoms with Crippen LogP contribution < -0.4 is 5.32 Å². The molecule has 1 fully saturated rings. The van der Waals surface area contributed by atoms with Crippen molar-refractivity contribution in [3.8, 4) is 0 Å². The molecule has 27 heavy (non-hydrogen) atoms. The predicted molar refractivity (Wildman–Crippen MR) is 101 cm³/mol. The number of hydrogen-bond acceptors (Lipinski definition) is 5. The molecule has 0 spiro atoms. The van der Waals surface area contributed by atoms with Crippen LogP contribution >= 0.6 is 0 Å². The van der Waals surface area contributed by atoms with Crippen LogP contribution in [0.5, 0.6) is 0 Å². The second-order valence-corrected chi connectivity index (χ2v) is 7.69. The monoisotopic (exact) mass is 377 g/mol. The Morgan fingerprint density at radius 1 is 1.37 bits per heavy atom. The van der Waals surface area contributed by atoms with E-state index in [4.69, 9.17) is 4.74 Å². The zero-order valence-corrected chi connectivity index (χ0v) is 16.3. The highest BCUT2D eigenvalue weighted by molar-refractivity contribution is 5.95. The van der Waals surface area contributed by atoms with Crippen LogP contribution in [-0.4, -0.2) is 46.6 Å². The molecule has 1 aliphatic heterocycles. The molecule has 1 atom stereocenters. The molecule has 1 aliphatic rings. The van der Waals surface area contributed by atoms with Crippen molar-refractivity contribution >= 4 is 17.7 Å². The number of aryl methyl sites for hydroxylation is 1. The van der Waals surface area contributed by atoms with E-state index in [0.717, 1.165) is 12.8 Å². The first kappa shape index (κ1) is 20.7. The van der Waals surface area contributed by atoms with Crippen LogP contribution in [-0.2, 0) is 11.2 Å². The lowest BCUT2D eigenvalue weighted by atomic mass is 10.0. The first-order chi connectivity index (χ1) is 12.6. The van der Waals surface area contributed by atoms with Gasteiger partial charge in [-0.1, -0.05) is 13.0 Å². The van der Waals surface area contributed by atoms with Gasteiger partial charge < -0.3 is 15.0 Å². The van der Waals surface area contributed by atoms with Gasteiger partial charge in [0, 0.05) is 36.3 Å². The van der Waals surface area contributed by atoms with Crippen molar-refractivity contribution < 1.29 is 19.2 Å². The quantitative estimate of drug-likeness (QED) is 0.641. The number of alkyl carbamates (subject to hydrolysis) is 1. The highest BCUT2D eigenvalue weighted by Crippen LogP contribution is 2.23. The van der Waals surface area contributed by atoms with Crippen LogP contribution in [0, 0.1) is 10.1 Å². The predicted octanol–water partition coefficient (Wildman–Crippen LogP) is 3.29. The molecular weight excluding hydrogens is 350 g/mol. The zero-order chi connectivity index (χ0) is 20.2. The van der Waals surface area contributed by atoms with Gasteiger partial charge in [-0.2, -0.15) is 0 Å². The Balaban J connectivity index is 2.07. The molecule has 0 bridgehead atoms. The van der Waals surface area contributed by atoms with Crippen molar-refractivity contribution in [3.63, 3.8) is 0 Å². The van der Waals surface area contributed by atoms with Gasteiger partial charge in [0.15, 0.2) is 0 Å². The highest BCUT2D eigenvalue weighted by Gasteiger charge is 2.28. The minimum Gasteiger partial charge on any atom is -0.444 e. The Labute approximate surface area is 159 Å². The number of carbonyl (C=O) groups is 2. The maximum absolute atomic E-state index is 12.8. The fourth-order valence-electron chi connectivity index (χ4n) is 3.10. The largest absolute Gasteiger partial charge is 0.444 e. The molecule has 0 saturated carbocycles. The van der Waals surface area contributed by atoms with E-state index >= 15 is 0 Å². The highest BCUT2D eigenvalue weighted by atomic mass is 16.6. The number of hydrogen-bond donors (Lipinski definition) is 1. The van der Waals surface area contributed by atoms with Crippen molar-refractivity contribution in [1.29, 1.82) is 0 Å². The number of nitrogens with one attached hydrogen (secondary N) is 1. The lowest BCUT2D eigenvalue weighted by molar-refractivity contribution is -0.385. The number of nitro benzene ring substituents is 1. The average molecular weight is 377 g/mol. The molecule has 1 heterocycles. The van der Waals surface area contributed by atoms with Gasteiger partial charge in [0.25, 0.3) is 11.6 Å². The Kier molecular flexibility index (Phi) is 6.41. The van der Waals surface area contributed by atoms with E-state index in [1.807, 2.05) is 6.92 Å². The summed E-state index contributed by atoms with van der Waals surface area (Å²) >= 11 is 0. The molecule has 2 rings (SSSR count). The Hall–Kier alpha value is -2.64. The fraction of sp³-hybridized carbons (Fsp3) is 0.579. The van der Waals surface area contributed by atoms with E-state index in [0.29, 0.717) is 25.1 Å². The third-order valence-electron chi connectivity index (χ3n) is 4.34. The van der Waals surface area contributed by atoms with E-state index in [2.05, 4.69) is 5.32 Å². The van der Waals surface area contributed by atoms with E-state index in [-0.39, 0.29) is 23.2 Å². The van der Waals surface area contributed by atoms with Crippen molar-refractivity contribution in [2.75, 3.05) is 13.1 Å². The number of benzene rings is 1. The van der Waals surface area contributed by atoms with E-state index in [1.165, 1.54) is 6.07 Å². The number of piperidine rings is 1. The number of nitrogens with zero attached hydrogens (tertiary/aromatic N) is 2. The summed E-state index contributed by atoms with van der Waals surface area (Å²) in [5.74, 6) is -0.267. The van der Waals surface area contributed by atoms with Crippen molar-refractivity contribution in [1.82, 2.24) is 10.2 Å². The molecule has 1 unspecified atom stereocenters. The molecule has 8 heteroatoms. The number of likely N-dealkylation sites (tertiary alicyclic amines) is 1. The number of amides is 2. The molecule has 1 aromatic rings. The summed E-state index contributed by atoms with van der Waals surface area (Å²) in [6.45, 7) is 8.10. The molecule has 0 aliphatic carbocycles. The summed E-state index contributed by atoms with van der Waals surface area (Å²) in [5.41, 5.74) is 0.258. The van der Waals surface area contributed by atoms with Gasteiger partial charge in [0.05, 0.1) is 4.92 Å². The van der Waals surface area contributed by atoms with Crippen LogP contribution in [0.15, 0.2) is 18.2 Å². The van der Waals surface area contributed by atoms with Crippen LogP contribution in [0.25, 0.3) is 0 Å². The molecule has 0 aromatic heterocycles. The Morgan fingerprint density at radius 3 is 2.67 bits per heavy atom. The molecule has 1 saturated heterocycles. The van der Waals surface area contributed by atoms with Crippen LogP contribution in [0.1, 0.15) is 56.5 Å². The van der Waals surface area contributed by atoms with E-state index < -0.39 is 16.6 Å². The van der Waals surface area contributed by atoms with Gasteiger partial charge in [-0.25, -0.2) is 4.79 Å². The Bertz CT molecular complexity index is 727. The van der Waals surface area contributed by atoms with Gasteiger partial charge in [-0.05, 0) is 46.1 Å². The van der Waals surface area contributed by atoms with Gasteiger partial charge in [-0.3, -0.25) is 14.9 Å².